The van der Waals surface area contributed by atoms with Crippen LogP contribution in [0.1, 0.15) is 48.0 Å². The molecule has 2 heterocycles. The van der Waals surface area contributed by atoms with Crippen LogP contribution < -0.4 is 15.1 Å². The topological polar surface area (TPSA) is 78.7 Å². The van der Waals surface area contributed by atoms with Crippen molar-refractivity contribution in [2.45, 2.75) is 38.3 Å². The van der Waals surface area contributed by atoms with E-state index in [0.29, 0.717) is 37.6 Å². The molecular formula is C23H25F3N4O3. The summed E-state index contributed by atoms with van der Waals surface area (Å²) in [5.41, 5.74) is -0.0326. The van der Waals surface area contributed by atoms with Gasteiger partial charge in [0, 0.05) is 37.8 Å². The molecule has 2 fully saturated rings. The Kier molecular flexibility index (Phi) is 6.44. The molecule has 2 saturated heterocycles. The van der Waals surface area contributed by atoms with Crippen LogP contribution in [-0.2, 0) is 6.18 Å². The predicted octanol–water partition coefficient (Wildman–Crippen LogP) is 5.46. The zero-order valence-corrected chi connectivity index (χ0v) is 18.0. The first-order chi connectivity index (χ1) is 15.7. The highest BCUT2D eigenvalue weighted by Crippen LogP contribution is 2.37. The van der Waals surface area contributed by atoms with Gasteiger partial charge in [0.05, 0.1) is 21.9 Å². The first-order valence-electron chi connectivity index (χ1n) is 11.0. The maximum atomic E-state index is 13.3. The number of nitrogens with zero attached hydrogens (tertiary/aromatic N) is 3. The summed E-state index contributed by atoms with van der Waals surface area (Å²) >= 11 is 0. The Bertz CT molecular complexity index is 1050. The van der Waals surface area contributed by atoms with Crippen LogP contribution in [0.2, 0.25) is 0 Å². The molecule has 0 radical (unpaired) electrons. The number of rotatable bonds is 5. The molecule has 10 heteroatoms. The molecule has 33 heavy (non-hydrogen) atoms. The van der Waals surface area contributed by atoms with E-state index in [2.05, 4.69) is 5.32 Å². The van der Waals surface area contributed by atoms with Crippen molar-refractivity contribution >= 4 is 28.7 Å². The number of hydrogen-bond acceptors (Lipinski definition) is 5. The summed E-state index contributed by atoms with van der Waals surface area (Å²) < 4.78 is 40.0. The Morgan fingerprint density at radius 2 is 1.45 bits per heavy atom. The molecular weight excluding hydrogens is 437 g/mol. The highest BCUT2D eigenvalue weighted by molar-refractivity contribution is 6.06. The molecule has 7 nitrogen and oxygen atoms in total. The molecule has 2 aromatic rings. The van der Waals surface area contributed by atoms with E-state index in [9.17, 15) is 28.1 Å². The van der Waals surface area contributed by atoms with Crippen molar-refractivity contribution < 1.29 is 22.9 Å². The van der Waals surface area contributed by atoms with Gasteiger partial charge >= 0.3 is 6.18 Å². The van der Waals surface area contributed by atoms with E-state index in [4.69, 9.17) is 0 Å². The average molecular weight is 462 g/mol. The number of halogens is 3. The number of alkyl halides is 3. The second kappa shape index (κ2) is 9.29. The fourth-order valence-corrected chi connectivity index (χ4v) is 4.45. The van der Waals surface area contributed by atoms with E-state index >= 15 is 0 Å². The average Bonchev–Trinajstić information content (AvgIpc) is 3.33. The van der Waals surface area contributed by atoms with Gasteiger partial charge in [-0.1, -0.05) is 0 Å². The summed E-state index contributed by atoms with van der Waals surface area (Å²) in [6.07, 6.45) is 0.196. The van der Waals surface area contributed by atoms with Gasteiger partial charge in [-0.25, -0.2) is 0 Å². The normalized spacial score (nSPS) is 16.7. The van der Waals surface area contributed by atoms with Crippen LogP contribution in [0.15, 0.2) is 36.4 Å². The number of carbonyl (C=O) groups excluding carboxylic acids is 1. The Morgan fingerprint density at radius 3 is 2.06 bits per heavy atom. The summed E-state index contributed by atoms with van der Waals surface area (Å²) in [4.78, 5) is 27.9. The van der Waals surface area contributed by atoms with Gasteiger partial charge < -0.3 is 15.1 Å². The van der Waals surface area contributed by atoms with Crippen LogP contribution in [0.4, 0.5) is 35.9 Å². The van der Waals surface area contributed by atoms with Crippen LogP contribution >= 0.6 is 0 Å². The van der Waals surface area contributed by atoms with Gasteiger partial charge in [0.2, 0.25) is 0 Å². The smallest absolute Gasteiger partial charge is 0.370 e. The standard InChI is InChI=1S/C23H25F3N4O3/c24-23(25,26)17-7-9-19(28-10-2-1-3-11-28)18(15-17)27-22(31)16-6-8-20(21(14-16)30(32)33)29-12-4-5-13-29/h6-9,14-15H,1-5,10-13H2,(H,27,31). The maximum Gasteiger partial charge on any atom is 0.416 e. The molecule has 1 N–H and O–H groups in total. The number of nitro groups is 1. The zero-order chi connectivity index (χ0) is 23.6. The molecule has 2 aromatic carbocycles. The lowest BCUT2D eigenvalue weighted by molar-refractivity contribution is -0.384. The van der Waals surface area contributed by atoms with E-state index in [1.165, 1.54) is 24.3 Å². The number of nitrogens with one attached hydrogen (secondary N) is 1. The molecule has 0 spiro atoms. The molecule has 176 valence electrons. The molecule has 1 amide bonds. The zero-order valence-electron chi connectivity index (χ0n) is 18.0. The van der Waals surface area contributed by atoms with Gasteiger partial charge in [-0.05, 0) is 62.4 Å². The summed E-state index contributed by atoms with van der Waals surface area (Å²) in [7, 11) is 0. The van der Waals surface area contributed by atoms with Crippen molar-refractivity contribution in [3.63, 3.8) is 0 Å². The Morgan fingerprint density at radius 1 is 0.879 bits per heavy atom. The summed E-state index contributed by atoms with van der Waals surface area (Å²) in [5.74, 6) is -0.691. The highest BCUT2D eigenvalue weighted by Gasteiger charge is 2.32. The third kappa shape index (κ3) is 5.04. The highest BCUT2D eigenvalue weighted by atomic mass is 19.4. The number of nitro benzene ring substituents is 1. The van der Waals surface area contributed by atoms with Crippen molar-refractivity contribution in [1.82, 2.24) is 0 Å². The minimum absolute atomic E-state index is 0.0200. The third-order valence-corrected chi connectivity index (χ3v) is 6.15. The van der Waals surface area contributed by atoms with E-state index < -0.39 is 22.6 Å². The van der Waals surface area contributed by atoms with E-state index in [0.717, 1.165) is 44.2 Å². The molecule has 0 atom stereocenters. The minimum Gasteiger partial charge on any atom is -0.370 e. The predicted molar refractivity (Wildman–Crippen MR) is 120 cm³/mol. The lowest BCUT2D eigenvalue weighted by Gasteiger charge is -2.31. The van der Waals surface area contributed by atoms with E-state index in [1.54, 1.807) is 0 Å². The van der Waals surface area contributed by atoms with E-state index in [-0.39, 0.29) is 16.9 Å². The van der Waals surface area contributed by atoms with Crippen molar-refractivity contribution in [2.75, 3.05) is 41.3 Å². The third-order valence-electron chi connectivity index (χ3n) is 6.15. The summed E-state index contributed by atoms with van der Waals surface area (Å²) in [6, 6.07) is 7.52. The maximum absolute atomic E-state index is 13.3. The van der Waals surface area contributed by atoms with Gasteiger partial charge in [0.1, 0.15) is 5.69 Å². The Hall–Kier alpha value is -3.30. The van der Waals surface area contributed by atoms with Crippen LogP contribution in [0.5, 0.6) is 0 Å². The Balaban J connectivity index is 1.65. The number of benzene rings is 2. The van der Waals surface area contributed by atoms with Crippen molar-refractivity contribution in [3.8, 4) is 0 Å². The molecule has 2 aliphatic rings. The van der Waals surface area contributed by atoms with E-state index in [1.807, 2.05) is 9.80 Å². The SMILES string of the molecule is O=C(Nc1cc(C(F)(F)F)ccc1N1CCCCC1)c1ccc(N2CCCC2)c([N+](=O)[O-])c1. The second-order valence-corrected chi connectivity index (χ2v) is 8.39. The lowest BCUT2D eigenvalue weighted by atomic mass is 10.1. The molecule has 0 saturated carbocycles. The number of piperidine rings is 1. The molecule has 2 aliphatic heterocycles. The fraction of sp³-hybridized carbons (Fsp3) is 0.435. The molecule has 0 aliphatic carbocycles. The van der Waals surface area contributed by atoms with Crippen LogP contribution in [0, 0.1) is 10.1 Å². The molecule has 0 unspecified atom stereocenters. The van der Waals surface area contributed by atoms with Crippen molar-refractivity contribution in [3.05, 3.63) is 57.6 Å². The molecule has 4 rings (SSSR count). The fourth-order valence-electron chi connectivity index (χ4n) is 4.45. The molecule has 0 bridgehead atoms. The van der Waals surface area contributed by atoms with Gasteiger partial charge in [-0.15, -0.1) is 0 Å². The number of amides is 1. The quantitative estimate of drug-likeness (QED) is 0.472. The van der Waals surface area contributed by atoms with Crippen molar-refractivity contribution in [2.24, 2.45) is 0 Å². The number of anilines is 3. The number of hydrogen-bond donors (Lipinski definition) is 1. The largest absolute Gasteiger partial charge is 0.416 e. The van der Waals surface area contributed by atoms with Gasteiger partial charge in [0.25, 0.3) is 11.6 Å². The number of carbonyl (C=O) groups is 1. The molecule has 0 aromatic heterocycles. The lowest BCUT2D eigenvalue weighted by Crippen LogP contribution is -2.30. The van der Waals surface area contributed by atoms with Crippen LogP contribution in [0.25, 0.3) is 0 Å². The van der Waals surface area contributed by atoms with Gasteiger partial charge in [-0.2, -0.15) is 13.2 Å². The Labute approximate surface area is 189 Å². The summed E-state index contributed by atoms with van der Waals surface area (Å²) in [5, 5.41) is 14.2. The van der Waals surface area contributed by atoms with Crippen molar-refractivity contribution in [1.29, 1.82) is 0 Å². The van der Waals surface area contributed by atoms with Gasteiger partial charge in [-0.3, -0.25) is 14.9 Å². The second-order valence-electron chi connectivity index (χ2n) is 8.39. The summed E-state index contributed by atoms with van der Waals surface area (Å²) in [6.45, 7) is 2.78. The monoisotopic (exact) mass is 462 g/mol. The van der Waals surface area contributed by atoms with Crippen LogP contribution in [-0.4, -0.2) is 37.0 Å². The first kappa shape index (κ1) is 22.9. The minimum atomic E-state index is -4.56. The van der Waals surface area contributed by atoms with Crippen LogP contribution in [0.3, 0.4) is 0 Å². The van der Waals surface area contributed by atoms with Gasteiger partial charge in [0.15, 0.2) is 0 Å². The first-order valence-corrected chi connectivity index (χ1v) is 11.0.